The van der Waals surface area contributed by atoms with Gasteiger partial charge >= 0.3 is 0 Å². The molecule has 1 N–H and O–H groups in total. The molecule has 2 atom stereocenters. The Labute approximate surface area is 127 Å². The molecule has 1 aliphatic carbocycles. The fourth-order valence-electron chi connectivity index (χ4n) is 2.56. The summed E-state index contributed by atoms with van der Waals surface area (Å²) in [6.07, 6.45) is 0.306. The number of rotatable bonds is 4. The van der Waals surface area contributed by atoms with Crippen molar-refractivity contribution >= 4 is 11.6 Å². The van der Waals surface area contributed by atoms with Crippen LogP contribution in [0.2, 0.25) is 0 Å². The average Bonchev–Trinajstić information content (AvgIpc) is 3.20. The molecule has 1 heterocycles. The summed E-state index contributed by atoms with van der Waals surface area (Å²) in [7, 11) is 0. The van der Waals surface area contributed by atoms with Crippen LogP contribution in [0.5, 0.6) is 0 Å². The summed E-state index contributed by atoms with van der Waals surface area (Å²) in [5, 5.41) is 17.9. The van der Waals surface area contributed by atoms with E-state index in [4.69, 9.17) is 0 Å². The van der Waals surface area contributed by atoms with E-state index in [-0.39, 0.29) is 5.91 Å². The lowest BCUT2D eigenvalue weighted by molar-refractivity contribution is -0.497. The van der Waals surface area contributed by atoms with E-state index in [0.29, 0.717) is 12.1 Å². The van der Waals surface area contributed by atoms with E-state index in [0.717, 1.165) is 17.1 Å². The van der Waals surface area contributed by atoms with Gasteiger partial charge in [0.25, 0.3) is 0 Å². The molecule has 0 spiro atoms. The summed E-state index contributed by atoms with van der Waals surface area (Å²) in [5.74, 6) is -0.848. The number of nitrogens with zero attached hydrogens (tertiary/aromatic N) is 3. The normalized spacial score (nSPS) is 19.7. The minimum absolute atomic E-state index is 0.306. The van der Waals surface area contributed by atoms with Crippen LogP contribution >= 0.6 is 0 Å². The van der Waals surface area contributed by atoms with Gasteiger partial charge in [0.2, 0.25) is 11.9 Å². The third-order valence-corrected chi connectivity index (χ3v) is 3.76. The molecule has 0 radical (unpaired) electrons. The maximum absolute atomic E-state index is 12.1. The number of para-hydroxylation sites is 2. The molecule has 0 unspecified atom stereocenters. The van der Waals surface area contributed by atoms with Gasteiger partial charge in [0, 0.05) is 17.0 Å². The summed E-state index contributed by atoms with van der Waals surface area (Å²) in [6.45, 7) is 3.83. The molecule has 1 fully saturated rings. The Balaban J connectivity index is 1.85. The SMILES string of the molecule is Cc1cc(C)n(-c2ccccc2NC(=O)[C@H]2C[C@H]2[N+](=O)[O-])n1. The minimum Gasteiger partial charge on any atom is -0.324 e. The highest BCUT2D eigenvalue weighted by molar-refractivity contribution is 5.96. The highest BCUT2D eigenvalue weighted by atomic mass is 16.6. The third-order valence-electron chi connectivity index (χ3n) is 3.76. The third kappa shape index (κ3) is 2.57. The number of benzene rings is 1. The minimum atomic E-state index is -0.749. The Morgan fingerprint density at radius 3 is 2.73 bits per heavy atom. The molecule has 7 nitrogen and oxygen atoms in total. The molecule has 1 saturated carbocycles. The number of hydrogen-bond acceptors (Lipinski definition) is 4. The maximum atomic E-state index is 12.1. The number of nitro groups is 1. The van der Waals surface area contributed by atoms with Gasteiger partial charge in [-0.2, -0.15) is 5.10 Å². The van der Waals surface area contributed by atoms with Crippen molar-refractivity contribution in [2.75, 3.05) is 5.32 Å². The first-order chi connectivity index (χ1) is 10.5. The molecule has 1 aromatic carbocycles. The number of aromatic nitrogens is 2. The van der Waals surface area contributed by atoms with Crippen LogP contribution in [0.15, 0.2) is 30.3 Å². The van der Waals surface area contributed by atoms with Gasteiger partial charge in [-0.25, -0.2) is 4.68 Å². The van der Waals surface area contributed by atoms with E-state index in [2.05, 4.69) is 10.4 Å². The topological polar surface area (TPSA) is 90.1 Å². The van der Waals surface area contributed by atoms with E-state index in [1.807, 2.05) is 38.1 Å². The van der Waals surface area contributed by atoms with Gasteiger partial charge in [-0.3, -0.25) is 14.9 Å². The molecule has 1 aliphatic rings. The van der Waals surface area contributed by atoms with Crippen LogP contribution in [-0.2, 0) is 4.79 Å². The quantitative estimate of drug-likeness (QED) is 0.691. The summed E-state index contributed by atoms with van der Waals surface area (Å²) < 4.78 is 1.75. The zero-order chi connectivity index (χ0) is 15.9. The molecular weight excluding hydrogens is 284 g/mol. The van der Waals surface area contributed by atoms with Crippen molar-refractivity contribution in [1.29, 1.82) is 0 Å². The number of carbonyl (C=O) groups excluding carboxylic acids is 1. The molecule has 7 heteroatoms. The second kappa shape index (κ2) is 5.25. The van der Waals surface area contributed by atoms with Gasteiger partial charge in [0.05, 0.1) is 17.1 Å². The van der Waals surface area contributed by atoms with Gasteiger partial charge in [-0.1, -0.05) is 12.1 Å². The number of amides is 1. The van der Waals surface area contributed by atoms with Crippen LogP contribution in [0.1, 0.15) is 17.8 Å². The lowest BCUT2D eigenvalue weighted by Crippen LogP contribution is -2.19. The van der Waals surface area contributed by atoms with E-state index in [1.165, 1.54) is 0 Å². The molecule has 1 amide bonds. The van der Waals surface area contributed by atoms with Crippen molar-refractivity contribution in [2.45, 2.75) is 26.3 Å². The fraction of sp³-hybridized carbons (Fsp3) is 0.333. The molecule has 0 bridgehead atoms. The van der Waals surface area contributed by atoms with Gasteiger partial charge in [-0.05, 0) is 32.0 Å². The zero-order valence-corrected chi connectivity index (χ0v) is 12.3. The van der Waals surface area contributed by atoms with Crippen LogP contribution in [0, 0.1) is 29.9 Å². The smallest absolute Gasteiger partial charge is 0.234 e. The predicted molar refractivity (Wildman–Crippen MR) is 80.6 cm³/mol. The van der Waals surface area contributed by atoms with Crippen LogP contribution in [0.25, 0.3) is 5.69 Å². The summed E-state index contributed by atoms with van der Waals surface area (Å²) in [5.41, 5.74) is 3.19. The lowest BCUT2D eigenvalue weighted by atomic mass is 10.2. The number of hydrogen-bond donors (Lipinski definition) is 1. The number of carbonyl (C=O) groups is 1. The van der Waals surface area contributed by atoms with E-state index in [1.54, 1.807) is 10.7 Å². The predicted octanol–water partition coefficient (Wildman–Crippen LogP) is 2.09. The number of nitrogens with one attached hydrogen (secondary N) is 1. The van der Waals surface area contributed by atoms with Gasteiger partial charge in [0.1, 0.15) is 5.92 Å². The molecule has 3 rings (SSSR count). The molecule has 114 valence electrons. The van der Waals surface area contributed by atoms with Gasteiger partial charge < -0.3 is 5.32 Å². The van der Waals surface area contributed by atoms with Gasteiger partial charge in [0.15, 0.2) is 0 Å². The Morgan fingerprint density at radius 2 is 2.14 bits per heavy atom. The number of anilines is 1. The van der Waals surface area contributed by atoms with Crippen molar-refractivity contribution in [2.24, 2.45) is 5.92 Å². The standard InChI is InChI=1S/C15H16N4O3/c1-9-7-10(2)18(17-9)13-6-4-3-5-12(13)16-15(20)11-8-14(11)19(21)22/h3-7,11,14H,8H2,1-2H3,(H,16,20)/t11-,14+/m0/s1. The second-order valence-corrected chi connectivity index (χ2v) is 5.54. The van der Waals surface area contributed by atoms with Crippen molar-refractivity contribution in [3.63, 3.8) is 0 Å². The highest BCUT2D eigenvalue weighted by Gasteiger charge is 2.53. The average molecular weight is 300 g/mol. The fourth-order valence-corrected chi connectivity index (χ4v) is 2.56. The summed E-state index contributed by atoms with van der Waals surface area (Å²) >= 11 is 0. The first kappa shape index (κ1) is 14.2. The molecule has 22 heavy (non-hydrogen) atoms. The monoisotopic (exact) mass is 300 g/mol. The first-order valence-electron chi connectivity index (χ1n) is 7.04. The van der Waals surface area contributed by atoms with Gasteiger partial charge in [-0.15, -0.1) is 0 Å². The first-order valence-corrected chi connectivity index (χ1v) is 7.04. The van der Waals surface area contributed by atoms with E-state index < -0.39 is 16.9 Å². The lowest BCUT2D eigenvalue weighted by Gasteiger charge is -2.12. The number of aryl methyl sites for hydroxylation is 2. The van der Waals surface area contributed by atoms with E-state index >= 15 is 0 Å². The van der Waals surface area contributed by atoms with E-state index in [9.17, 15) is 14.9 Å². The molecule has 1 aromatic heterocycles. The zero-order valence-electron chi connectivity index (χ0n) is 12.3. The van der Waals surface area contributed by atoms with Crippen molar-refractivity contribution in [3.8, 4) is 5.69 Å². The van der Waals surface area contributed by atoms with Crippen molar-refractivity contribution < 1.29 is 9.72 Å². The van der Waals surface area contributed by atoms with Crippen LogP contribution < -0.4 is 5.32 Å². The molecular formula is C15H16N4O3. The summed E-state index contributed by atoms with van der Waals surface area (Å²) in [4.78, 5) is 22.4. The largest absolute Gasteiger partial charge is 0.324 e. The van der Waals surface area contributed by atoms with Crippen LogP contribution in [0.3, 0.4) is 0 Å². The Kier molecular flexibility index (Phi) is 3.40. The molecule has 0 aliphatic heterocycles. The summed E-state index contributed by atoms with van der Waals surface area (Å²) in [6, 6.07) is 8.49. The Morgan fingerprint density at radius 1 is 1.41 bits per heavy atom. The van der Waals surface area contributed by atoms with Crippen LogP contribution in [-0.4, -0.2) is 26.7 Å². The highest BCUT2D eigenvalue weighted by Crippen LogP contribution is 2.34. The molecule has 2 aromatic rings. The van der Waals surface area contributed by atoms with Crippen molar-refractivity contribution in [1.82, 2.24) is 9.78 Å². The van der Waals surface area contributed by atoms with Crippen molar-refractivity contribution in [3.05, 3.63) is 51.8 Å². The Bertz CT molecular complexity index is 753. The van der Waals surface area contributed by atoms with Crippen LogP contribution in [0.4, 0.5) is 5.69 Å². The second-order valence-electron chi connectivity index (χ2n) is 5.54. The Hall–Kier alpha value is -2.70. The molecule has 0 saturated heterocycles. The maximum Gasteiger partial charge on any atom is 0.234 e.